The van der Waals surface area contributed by atoms with Crippen molar-refractivity contribution in [2.45, 2.75) is 51.0 Å². The zero-order valence-electron chi connectivity index (χ0n) is 15.9. The third-order valence-electron chi connectivity index (χ3n) is 5.69. The molecule has 0 spiro atoms. The van der Waals surface area contributed by atoms with E-state index in [1.165, 1.54) is 40.8 Å². The van der Waals surface area contributed by atoms with E-state index in [4.69, 9.17) is 4.74 Å². The number of ether oxygens (including phenoxy) is 1. The molecule has 0 radical (unpaired) electrons. The van der Waals surface area contributed by atoms with Crippen molar-refractivity contribution in [3.63, 3.8) is 0 Å². The summed E-state index contributed by atoms with van der Waals surface area (Å²) in [6, 6.07) is 23.7. The molecule has 4 rings (SSSR count). The Balaban J connectivity index is 1.82. The fraction of sp³-hybridized carbons (Fsp3) is 0.320. The molecule has 2 nitrogen and oxygen atoms in total. The first-order valence-corrected chi connectivity index (χ1v) is 9.94. The van der Waals surface area contributed by atoms with Gasteiger partial charge in [-0.3, -0.25) is 4.79 Å². The van der Waals surface area contributed by atoms with Gasteiger partial charge in [-0.15, -0.1) is 0 Å². The number of rotatable bonds is 4. The van der Waals surface area contributed by atoms with Crippen molar-refractivity contribution in [1.82, 2.24) is 0 Å². The number of carbonyl (C=O) groups excluding carboxylic acids is 1. The van der Waals surface area contributed by atoms with Crippen molar-refractivity contribution in [2.75, 3.05) is 0 Å². The molecular formula is C25H26O2. The second-order valence-electron chi connectivity index (χ2n) is 7.56. The highest BCUT2D eigenvalue weighted by atomic mass is 16.5. The Hall–Kier alpha value is -2.61. The van der Waals surface area contributed by atoms with Gasteiger partial charge in [-0.2, -0.15) is 0 Å². The fourth-order valence-corrected chi connectivity index (χ4v) is 4.53. The third-order valence-corrected chi connectivity index (χ3v) is 5.69. The molecule has 3 aromatic rings. The van der Waals surface area contributed by atoms with E-state index in [-0.39, 0.29) is 18.0 Å². The molecule has 1 saturated carbocycles. The quantitative estimate of drug-likeness (QED) is 0.533. The molecule has 0 bridgehead atoms. The van der Waals surface area contributed by atoms with Gasteiger partial charge in [-0.1, -0.05) is 73.2 Å². The smallest absolute Gasteiger partial charge is 0.302 e. The summed E-state index contributed by atoms with van der Waals surface area (Å²) in [6.07, 6.45) is 5.25. The van der Waals surface area contributed by atoms with Gasteiger partial charge in [0.1, 0.15) is 6.10 Å². The molecule has 1 fully saturated rings. The van der Waals surface area contributed by atoms with Crippen LogP contribution < -0.4 is 0 Å². The Morgan fingerprint density at radius 3 is 2.48 bits per heavy atom. The number of esters is 1. The van der Waals surface area contributed by atoms with Crippen LogP contribution in [0.5, 0.6) is 0 Å². The largest absolute Gasteiger partial charge is 0.462 e. The maximum atomic E-state index is 11.7. The molecule has 1 aliphatic carbocycles. The van der Waals surface area contributed by atoms with Crippen LogP contribution in [0.1, 0.15) is 55.2 Å². The van der Waals surface area contributed by atoms with Gasteiger partial charge in [-0.25, -0.2) is 0 Å². The molecule has 0 aliphatic heterocycles. The number of fused-ring (bicyclic) bond motifs is 1. The molecular weight excluding hydrogens is 332 g/mol. The van der Waals surface area contributed by atoms with E-state index in [0.717, 1.165) is 25.7 Å². The summed E-state index contributed by atoms with van der Waals surface area (Å²) in [6.45, 7) is 1.53. The van der Waals surface area contributed by atoms with Gasteiger partial charge in [0.2, 0.25) is 0 Å². The maximum Gasteiger partial charge on any atom is 0.302 e. The molecule has 0 unspecified atom stereocenters. The summed E-state index contributed by atoms with van der Waals surface area (Å²) >= 11 is 0. The lowest BCUT2D eigenvalue weighted by Gasteiger charge is -2.33. The summed E-state index contributed by atoms with van der Waals surface area (Å²) in [4.78, 5) is 11.7. The zero-order valence-corrected chi connectivity index (χ0v) is 15.9. The van der Waals surface area contributed by atoms with Crippen molar-refractivity contribution in [2.24, 2.45) is 0 Å². The predicted molar refractivity (Wildman–Crippen MR) is 110 cm³/mol. The molecule has 0 aromatic heterocycles. The summed E-state index contributed by atoms with van der Waals surface area (Å²) in [5.74, 6) is 0.101. The standard InChI is InChI=1S/C25H26O2/c1-18(26)27-24-14-8-7-13-23(24)25-21(17-19-9-3-2-4-10-19)16-15-20-11-5-6-12-22(20)25/h2-6,9-12,15-16,23-24H,7-8,13-14,17H2,1H3/t23-,24+/m0/s1. The SMILES string of the molecule is CC(=O)O[C@@H]1CCCC[C@@H]1c1c(Cc2ccccc2)ccc2ccccc12. The number of hydrogen-bond donors (Lipinski definition) is 0. The lowest BCUT2D eigenvalue weighted by atomic mass is 9.77. The van der Waals surface area contributed by atoms with Crippen LogP contribution in [0.25, 0.3) is 10.8 Å². The van der Waals surface area contributed by atoms with E-state index in [9.17, 15) is 4.79 Å². The van der Waals surface area contributed by atoms with E-state index in [1.54, 1.807) is 0 Å². The molecule has 0 N–H and O–H groups in total. The molecule has 0 amide bonds. The van der Waals surface area contributed by atoms with Crippen LogP contribution in [0.3, 0.4) is 0 Å². The molecule has 0 heterocycles. The highest BCUT2D eigenvalue weighted by molar-refractivity contribution is 5.87. The summed E-state index contributed by atoms with van der Waals surface area (Å²) in [7, 11) is 0. The lowest BCUT2D eigenvalue weighted by molar-refractivity contribution is -0.148. The Morgan fingerprint density at radius 2 is 1.67 bits per heavy atom. The molecule has 2 atom stereocenters. The average molecular weight is 358 g/mol. The van der Waals surface area contributed by atoms with Crippen molar-refractivity contribution in [3.8, 4) is 0 Å². The van der Waals surface area contributed by atoms with Crippen molar-refractivity contribution in [3.05, 3.63) is 83.4 Å². The Labute approximate surface area is 161 Å². The maximum absolute atomic E-state index is 11.7. The van der Waals surface area contributed by atoms with Gasteiger partial charge in [0.05, 0.1) is 0 Å². The van der Waals surface area contributed by atoms with Crippen molar-refractivity contribution >= 4 is 16.7 Å². The van der Waals surface area contributed by atoms with Gasteiger partial charge in [0.15, 0.2) is 0 Å². The topological polar surface area (TPSA) is 26.3 Å². The molecule has 0 saturated heterocycles. The molecule has 3 aromatic carbocycles. The average Bonchev–Trinajstić information content (AvgIpc) is 2.69. The number of benzene rings is 3. The first-order valence-electron chi connectivity index (χ1n) is 9.94. The van der Waals surface area contributed by atoms with E-state index in [2.05, 4.69) is 66.7 Å². The van der Waals surface area contributed by atoms with Crippen LogP contribution in [0.4, 0.5) is 0 Å². The summed E-state index contributed by atoms with van der Waals surface area (Å²) in [5.41, 5.74) is 4.04. The van der Waals surface area contributed by atoms with Crippen LogP contribution in [-0.2, 0) is 16.0 Å². The zero-order chi connectivity index (χ0) is 18.6. The van der Waals surface area contributed by atoms with Gasteiger partial charge in [0.25, 0.3) is 0 Å². The Morgan fingerprint density at radius 1 is 0.926 bits per heavy atom. The predicted octanol–water partition coefficient (Wildman–Crippen LogP) is 6.02. The number of hydrogen-bond acceptors (Lipinski definition) is 2. The monoisotopic (exact) mass is 358 g/mol. The Bertz CT molecular complexity index is 929. The van der Waals surface area contributed by atoms with Gasteiger partial charge >= 0.3 is 5.97 Å². The van der Waals surface area contributed by atoms with E-state index < -0.39 is 0 Å². The highest BCUT2D eigenvalue weighted by Crippen LogP contribution is 2.40. The normalized spacial score (nSPS) is 19.7. The van der Waals surface area contributed by atoms with E-state index in [1.807, 2.05) is 0 Å². The van der Waals surface area contributed by atoms with Crippen LogP contribution in [-0.4, -0.2) is 12.1 Å². The van der Waals surface area contributed by atoms with Crippen molar-refractivity contribution < 1.29 is 9.53 Å². The van der Waals surface area contributed by atoms with E-state index >= 15 is 0 Å². The first kappa shape index (κ1) is 17.8. The number of carbonyl (C=O) groups is 1. The summed E-state index contributed by atoms with van der Waals surface area (Å²) < 4.78 is 5.77. The molecule has 138 valence electrons. The molecule has 27 heavy (non-hydrogen) atoms. The minimum Gasteiger partial charge on any atom is -0.462 e. The minimum absolute atomic E-state index is 0.0171. The van der Waals surface area contributed by atoms with Gasteiger partial charge < -0.3 is 4.74 Å². The minimum atomic E-state index is -0.170. The highest BCUT2D eigenvalue weighted by Gasteiger charge is 2.31. The van der Waals surface area contributed by atoms with Crippen LogP contribution in [0.2, 0.25) is 0 Å². The second-order valence-corrected chi connectivity index (χ2v) is 7.56. The Kier molecular flexibility index (Phi) is 5.24. The molecule has 1 aliphatic rings. The van der Waals surface area contributed by atoms with Crippen LogP contribution in [0.15, 0.2) is 66.7 Å². The van der Waals surface area contributed by atoms with Crippen molar-refractivity contribution in [1.29, 1.82) is 0 Å². The molecule has 2 heteroatoms. The van der Waals surface area contributed by atoms with Gasteiger partial charge in [-0.05, 0) is 53.1 Å². The fourth-order valence-electron chi connectivity index (χ4n) is 4.53. The van der Waals surface area contributed by atoms with Gasteiger partial charge in [0, 0.05) is 12.8 Å². The van der Waals surface area contributed by atoms with Crippen LogP contribution >= 0.6 is 0 Å². The summed E-state index contributed by atoms with van der Waals surface area (Å²) in [5, 5.41) is 2.56. The lowest BCUT2D eigenvalue weighted by Crippen LogP contribution is -2.28. The first-order chi connectivity index (χ1) is 13.2. The third kappa shape index (κ3) is 3.90. The van der Waals surface area contributed by atoms with Crippen LogP contribution in [0, 0.1) is 0 Å². The van der Waals surface area contributed by atoms with E-state index in [0.29, 0.717) is 0 Å². The second kappa shape index (κ2) is 7.96.